The zero-order valence-corrected chi connectivity index (χ0v) is 15.2. The number of benzene rings is 1. The largest absolute Gasteiger partial charge is 0.492 e. The van der Waals surface area contributed by atoms with E-state index in [1.165, 1.54) is 31.7 Å². The van der Waals surface area contributed by atoms with Gasteiger partial charge in [0.1, 0.15) is 0 Å². The molecule has 0 saturated heterocycles. The number of aromatic nitrogens is 2. The van der Waals surface area contributed by atoms with Crippen molar-refractivity contribution in [2.45, 2.75) is 6.92 Å². The summed E-state index contributed by atoms with van der Waals surface area (Å²) in [6.07, 6.45) is 3.34. The Morgan fingerprint density at radius 2 is 2.04 bits per heavy atom. The van der Waals surface area contributed by atoms with Gasteiger partial charge in [-0.05, 0) is 19.1 Å². The van der Waals surface area contributed by atoms with E-state index in [1.54, 1.807) is 19.1 Å². The van der Waals surface area contributed by atoms with Gasteiger partial charge in [0.15, 0.2) is 23.1 Å². The van der Waals surface area contributed by atoms with Crippen LogP contribution in [0.5, 0.6) is 5.75 Å². The fourth-order valence-electron chi connectivity index (χ4n) is 2.17. The van der Waals surface area contributed by atoms with Crippen LogP contribution in [0.2, 0.25) is 5.02 Å². The van der Waals surface area contributed by atoms with E-state index in [0.29, 0.717) is 11.3 Å². The molecule has 0 aliphatic carbocycles. The molecule has 0 bridgehead atoms. The second kappa shape index (κ2) is 8.13. The number of hydrogen-bond donors (Lipinski definition) is 0. The fourth-order valence-corrected chi connectivity index (χ4v) is 2.58. The van der Waals surface area contributed by atoms with Gasteiger partial charge in [0, 0.05) is 10.9 Å². The quantitative estimate of drug-likeness (QED) is 0.574. The van der Waals surface area contributed by atoms with Gasteiger partial charge in [0.25, 0.3) is 0 Å². The third-order valence-corrected chi connectivity index (χ3v) is 3.81. The monoisotopic (exact) mass is 380 g/mol. The van der Waals surface area contributed by atoms with Crippen molar-refractivity contribution >= 4 is 41.2 Å². The maximum absolute atomic E-state index is 14.7. The average molecular weight is 381 g/mol. The van der Waals surface area contributed by atoms with Crippen LogP contribution in [0.1, 0.15) is 28.7 Å². The number of rotatable bonds is 5. The fraction of sp³-hybridized carbons (Fsp3) is 0.176. The Morgan fingerprint density at radius 1 is 1.32 bits per heavy atom. The summed E-state index contributed by atoms with van der Waals surface area (Å²) in [6, 6.07) is 2.86. The number of halogens is 2. The maximum Gasteiger partial charge on any atom is 0.357 e. The summed E-state index contributed by atoms with van der Waals surface area (Å²) in [5.74, 6) is -1.59. The van der Waals surface area contributed by atoms with Gasteiger partial charge in [-0.2, -0.15) is 0 Å². The molecule has 2 aromatic rings. The Kier molecular flexibility index (Phi) is 6.17. The van der Waals surface area contributed by atoms with Gasteiger partial charge in [-0.25, -0.2) is 19.2 Å². The summed E-state index contributed by atoms with van der Waals surface area (Å²) in [7, 11) is 2.53. The third kappa shape index (κ3) is 3.67. The molecular formula is C17H14ClFN2O3S. The average Bonchev–Trinajstić information content (AvgIpc) is 2.62. The van der Waals surface area contributed by atoms with Gasteiger partial charge in [-0.1, -0.05) is 36.0 Å². The topological polar surface area (TPSA) is 61.3 Å². The van der Waals surface area contributed by atoms with Crippen molar-refractivity contribution in [3.05, 3.63) is 46.0 Å². The first kappa shape index (κ1) is 19.0. The number of hydrogen-bond acceptors (Lipinski definition) is 6. The standard InChI is InChI=1S/C17H14ClFN2O3S/c1-4-5-9-12(8-25)20-16(21-14(9)17(22)24-3)10-6-7-11(18)15(23-2)13(10)19/h4-8H,1-3H3. The van der Waals surface area contributed by atoms with Gasteiger partial charge in [-0.3, -0.25) is 0 Å². The second-order valence-corrected chi connectivity index (χ2v) is 5.39. The van der Waals surface area contributed by atoms with Gasteiger partial charge in [0.05, 0.1) is 30.5 Å². The predicted molar refractivity (Wildman–Crippen MR) is 97.8 cm³/mol. The lowest BCUT2D eigenvalue weighted by Gasteiger charge is -2.12. The molecule has 0 saturated carbocycles. The number of allylic oxidation sites excluding steroid dienone is 1. The molecule has 0 aliphatic rings. The lowest BCUT2D eigenvalue weighted by atomic mass is 10.1. The highest BCUT2D eigenvalue weighted by Crippen LogP contribution is 2.34. The zero-order chi connectivity index (χ0) is 18.6. The van der Waals surface area contributed by atoms with E-state index in [-0.39, 0.29) is 27.9 Å². The lowest BCUT2D eigenvalue weighted by Crippen LogP contribution is -2.12. The molecule has 0 radical (unpaired) electrons. The molecule has 5 nitrogen and oxygen atoms in total. The van der Waals surface area contributed by atoms with Crippen LogP contribution in [-0.2, 0) is 4.74 Å². The Balaban J connectivity index is 2.80. The van der Waals surface area contributed by atoms with E-state index in [0.717, 1.165) is 0 Å². The number of carbonyl (C=O) groups excluding carboxylic acids is 1. The van der Waals surface area contributed by atoms with Crippen LogP contribution in [0.4, 0.5) is 4.39 Å². The van der Waals surface area contributed by atoms with E-state index in [4.69, 9.17) is 33.3 Å². The molecule has 25 heavy (non-hydrogen) atoms. The van der Waals surface area contributed by atoms with Crippen LogP contribution in [0.25, 0.3) is 17.5 Å². The van der Waals surface area contributed by atoms with Crippen molar-refractivity contribution in [2.75, 3.05) is 14.2 Å². The summed E-state index contributed by atoms with van der Waals surface area (Å²) >= 11 is 10.9. The molecule has 2 rings (SSSR count). The minimum atomic E-state index is -0.736. The first-order valence-electron chi connectivity index (χ1n) is 7.09. The molecule has 8 heteroatoms. The molecule has 0 amide bonds. The summed E-state index contributed by atoms with van der Waals surface area (Å²) in [6.45, 7) is 1.77. The Labute approximate surface area is 154 Å². The number of nitrogens with zero attached hydrogens (tertiary/aromatic N) is 2. The molecule has 0 spiro atoms. The minimum Gasteiger partial charge on any atom is -0.492 e. The van der Waals surface area contributed by atoms with Crippen molar-refractivity contribution in [1.29, 1.82) is 0 Å². The highest BCUT2D eigenvalue weighted by Gasteiger charge is 2.22. The molecule has 1 aromatic heterocycles. The first-order chi connectivity index (χ1) is 12.0. The summed E-state index contributed by atoms with van der Waals surface area (Å²) < 4.78 is 24.4. The number of ether oxygens (including phenoxy) is 2. The SMILES string of the molecule is CC=Cc1c(C=S)nc(-c2ccc(Cl)c(OC)c2F)nc1C(=O)OC. The highest BCUT2D eigenvalue weighted by atomic mass is 35.5. The Morgan fingerprint density at radius 3 is 2.60 bits per heavy atom. The van der Waals surface area contributed by atoms with Crippen LogP contribution in [0.15, 0.2) is 18.2 Å². The minimum absolute atomic E-state index is 0.0185. The lowest BCUT2D eigenvalue weighted by molar-refractivity contribution is 0.0593. The van der Waals surface area contributed by atoms with E-state index in [9.17, 15) is 9.18 Å². The molecule has 0 unspecified atom stereocenters. The highest BCUT2D eigenvalue weighted by molar-refractivity contribution is 7.79. The van der Waals surface area contributed by atoms with Gasteiger partial charge >= 0.3 is 5.97 Å². The maximum atomic E-state index is 14.7. The normalized spacial score (nSPS) is 10.8. The number of esters is 1. The zero-order valence-electron chi connectivity index (χ0n) is 13.7. The predicted octanol–water partition coefficient (Wildman–Crippen LogP) is 4.11. The van der Waals surface area contributed by atoms with Crippen molar-refractivity contribution < 1.29 is 18.7 Å². The van der Waals surface area contributed by atoms with Crippen molar-refractivity contribution in [2.24, 2.45) is 0 Å². The molecule has 0 atom stereocenters. The van der Waals surface area contributed by atoms with Crippen LogP contribution in [-0.4, -0.2) is 35.5 Å². The van der Waals surface area contributed by atoms with Gasteiger partial charge in [0.2, 0.25) is 0 Å². The molecule has 1 aromatic carbocycles. The van der Waals surface area contributed by atoms with E-state index < -0.39 is 11.8 Å². The second-order valence-electron chi connectivity index (χ2n) is 4.75. The number of thiocarbonyl (C=S) groups is 1. The van der Waals surface area contributed by atoms with E-state index in [1.807, 2.05) is 0 Å². The van der Waals surface area contributed by atoms with Crippen LogP contribution in [0.3, 0.4) is 0 Å². The third-order valence-electron chi connectivity index (χ3n) is 3.29. The molecule has 0 N–H and O–H groups in total. The van der Waals surface area contributed by atoms with Gasteiger partial charge in [-0.15, -0.1) is 0 Å². The smallest absolute Gasteiger partial charge is 0.357 e. The molecule has 0 fully saturated rings. The van der Waals surface area contributed by atoms with Crippen LogP contribution in [0, 0.1) is 5.82 Å². The van der Waals surface area contributed by atoms with E-state index in [2.05, 4.69) is 9.97 Å². The van der Waals surface area contributed by atoms with Crippen molar-refractivity contribution in [1.82, 2.24) is 9.97 Å². The molecule has 0 aliphatic heterocycles. The summed E-state index contributed by atoms with van der Waals surface area (Å²) in [5, 5.41) is 1.40. The van der Waals surface area contributed by atoms with Gasteiger partial charge < -0.3 is 9.47 Å². The van der Waals surface area contributed by atoms with Crippen LogP contribution < -0.4 is 4.74 Å². The van der Waals surface area contributed by atoms with E-state index >= 15 is 0 Å². The number of carbonyl (C=O) groups is 1. The number of methoxy groups -OCH3 is 2. The summed E-state index contributed by atoms with van der Waals surface area (Å²) in [4.78, 5) is 20.5. The Hall–Kier alpha value is -2.38. The first-order valence-corrected chi connectivity index (χ1v) is 7.94. The van der Waals surface area contributed by atoms with Crippen molar-refractivity contribution in [3.8, 4) is 17.1 Å². The molecule has 130 valence electrons. The molecular weight excluding hydrogens is 367 g/mol. The molecule has 1 heterocycles. The Bertz CT molecular complexity index is 871. The summed E-state index contributed by atoms with van der Waals surface area (Å²) in [5.41, 5.74) is 0.702. The van der Waals surface area contributed by atoms with Crippen molar-refractivity contribution in [3.63, 3.8) is 0 Å². The van der Waals surface area contributed by atoms with Crippen LogP contribution >= 0.6 is 23.8 Å².